The number of rotatable bonds is 6. The molecule has 0 aliphatic heterocycles. The Morgan fingerprint density at radius 3 is 2.81 bits per heavy atom. The highest BCUT2D eigenvalue weighted by Crippen LogP contribution is 2.10. The molecule has 2 N–H and O–H groups in total. The van der Waals surface area contributed by atoms with Gasteiger partial charge in [0.15, 0.2) is 0 Å². The molecule has 0 aliphatic carbocycles. The van der Waals surface area contributed by atoms with Crippen molar-refractivity contribution in [1.29, 1.82) is 0 Å². The van der Waals surface area contributed by atoms with Crippen LogP contribution >= 0.6 is 0 Å². The Labute approximate surface area is 95.5 Å². The molecule has 0 fully saturated rings. The summed E-state index contributed by atoms with van der Waals surface area (Å²) in [7, 11) is 0. The van der Waals surface area contributed by atoms with Gasteiger partial charge in [-0.25, -0.2) is 4.98 Å². The van der Waals surface area contributed by atoms with Gasteiger partial charge in [0, 0.05) is 18.8 Å². The molecule has 0 saturated heterocycles. The maximum Gasteiger partial charge on any atom is 0.325 e. The Morgan fingerprint density at radius 1 is 1.62 bits per heavy atom. The standard InChI is InChI=1S/C11H19N3O2/c1-4-9-12-6-7-14(9)8-11(3,10(15)16)13-5-2/h6-7,13H,4-5,8H2,1-3H3,(H,15,16). The molecule has 5 heteroatoms. The zero-order chi connectivity index (χ0) is 12.2. The topological polar surface area (TPSA) is 67.2 Å². The average Bonchev–Trinajstić information content (AvgIpc) is 2.65. The predicted octanol–water partition coefficient (Wildman–Crippen LogP) is 0.898. The van der Waals surface area contributed by atoms with Crippen molar-refractivity contribution in [2.45, 2.75) is 39.3 Å². The van der Waals surface area contributed by atoms with Gasteiger partial charge < -0.3 is 15.0 Å². The number of carboxylic acids is 1. The van der Waals surface area contributed by atoms with Crippen LogP contribution in [0.4, 0.5) is 0 Å². The first kappa shape index (κ1) is 12.7. The van der Waals surface area contributed by atoms with Gasteiger partial charge in [0.2, 0.25) is 0 Å². The van der Waals surface area contributed by atoms with Crippen molar-refractivity contribution in [3.63, 3.8) is 0 Å². The van der Waals surface area contributed by atoms with Gasteiger partial charge in [-0.3, -0.25) is 4.79 Å². The summed E-state index contributed by atoms with van der Waals surface area (Å²) in [5.41, 5.74) is -0.945. The van der Waals surface area contributed by atoms with E-state index < -0.39 is 11.5 Å². The monoisotopic (exact) mass is 225 g/mol. The second kappa shape index (κ2) is 5.12. The minimum atomic E-state index is -0.945. The Bertz CT molecular complexity index is 362. The number of nitrogens with zero attached hydrogens (tertiary/aromatic N) is 2. The average molecular weight is 225 g/mol. The molecule has 0 aliphatic rings. The number of aromatic nitrogens is 2. The number of carbonyl (C=O) groups is 1. The van der Waals surface area contributed by atoms with Crippen molar-refractivity contribution in [3.8, 4) is 0 Å². The number of aliphatic carboxylic acids is 1. The van der Waals surface area contributed by atoms with E-state index in [4.69, 9.17) is 0 Å². The van der Waals surface area contributed by atoms with Crippen LogP contribution in [0.3, 0.4) is 0 Å². The van der Waals surface area contributed by atoms with E-state index in [1.165, 1.54) is 0 Å². The van der Waals surface area contributed by atoms with Crippen LogP contribution in [-0.2, 0) is 17.8 Å². The molecule has 0 bridgehead atoms. The lowest BCUT2D eigenvalue weighted by molar-refractivity contribution is -0.144. The van der Waals surface area contributed by atoms with Crippen molar-refractivity contribution < 1.29 is 9.90 Å². The van der Waals surface area contributed by atoms with Gasteiger partial charge >= 0.3 is 5.97 Å². The fourth-order valence-corrected chi connectivity index (χ4v) is 1.73. The molecule has 90 valence electrons. The van der Waals surface area contributed by atoms with Crippen LogP contribution in [0.25, 0.3) is 0 Å². The number of nitrogens with one attached hydrogen (secondary N) is 1. The Balaban J connectivity index is 2.87. The third kappa shape index (κ3) is 2.61. The number of aryl methyl sites for hydroxylation is 1. The molecule has 1 aromatic rings. The predicted molar refractivity (Wildman–Crippen MR) is 61.3 cm³/mol. The maximum atomic E-state index is 11.2. The molecule has 0 spiro atoms. The van der Waals surface area contributed by atoms with Gasteiger partial charge in [0.25, 0.3) is 0 Å². The zero-order valence-corrected chi connectivity index (χ0v) is 10.0. The summed E-state index contributed by atoms with van der Waals surface area (Å²) in [6, 6.07) is 0. The highest BCUT2D eigenvalue weighted by atomic mass is 16.4. The first-order valence-electron chi connectivity index (χ1n) is 5.52. The van der Waals surface area contributed by atoms with Crippen molar-refractivity contribution in [2.75, 3.05) is 6.54 Å². The quantitative estimate of drug-likeness (QED) is 0.754. The lowest BCUT2D eigenvalue weighted by Crippen LogP contribution is -2.52. The van der Waals surface area contributed by atoms with Gasteiger partial charge in [0.05, 0.1) is 6.54 Å². The van der Waals surface area contributed by atoms with Gasteiger partial charge in [-0.1, -0.05) is 13.8 Å². The molecule has 1 heterocycles. The molecule has 0 radical (unpaired) electrons. The summed E-state index contributed by atoms with van der Waals surface area (Å²) in [6.45, 7) is 6.61. The van der Waals surface area contributed by atoms with E-state index >= 15 is 0 Å². The molecular formula is C11H19N3O2. The Hall–Kier alpha value is -1.36. The minimum Gasteiger partial charge on any atom is -0.480 e. The smallest absolute Gasteiger partial charge is 0.325 e. The summed E-state index contributed by atoms with van der Waals surface area (Å²) in [5.74, 6) is 0.0653. The highest BCUT2D eigenvalue weighted by Gasteiger charge is 2.32. The van der Waals surface area contributed by atoms with Crippen molar-refractivity contribution in [2.24, 2.45) is 0 Å². The van der Waals surface area contributed by atoms with Gasteiger partial charge in [-0.05, 0) is 13.5 Å². The van der Waals surface area contributed by atoms with Crippen LogP contribution in [0.1, 0.15) is 26.6 Å². The van der Waals surface area contributed by atoms with Crippen molar-refractivity contribution >= 4 is 5.97 Å². The van der Waals surface area contributed by atoms with E-state index in [0.717, 1.165) is 12.2 Å². The lowest BCUT2D eigenvalue weighted by Gasteiger charge is -2.26. The van der Waals surface area contributed by atoms with E-state index in [1.807, 2.05) is 24.6 Å². The Morgan fingerprint density at radius 2 is 2.31 bits per heavy atom. The molecule has 1 aromatic heterocycles. The number of likely N-dealkylation sites (N-methyl/N-ethyl adjacent to an activating group) is 1. The third-order valence-corrected chi connectivity index (χ3v) is 2.64. The molecule has 0 aromatic carbocycles. The largest absolute Gasteiger partial charge is 0.480 e. The SMILES string of the molecule is CCNC(C)(Cn1ccnc1CC)C(=O)O. The number of imidazole rings is 1. The normalized spacial score (nSPS) is 14.7. The molecule has 1 atom stereocenters. The second-order valence-corrected chi connectivity index (χ2v) is 3.99. The molecule has 0 saturated carbocycles. The highest BCUT2D eigenvalue weighted by molar-refractivity contribution is 5.78. The minimum absolute atomic E-state index is 0.388. The molecule has 0 amide bonds. The number of hydrogen-bond donors (Lipinski definition) is 2. The van der Waals surface area contributed by atoms with Gasteiger partial charge in [-0.2, -0.15) is 0 Å². The summed E-state index contributed by atoms with van der Waals surface area (Å²) < 4.78 is 1.89. The van der Waals surface area contributed by atoms with Gasteiger partial charge in [0.1, 0.15) is 11.4 Å². The van der Waals surface area contributed by atoms with Crippen molar-refractivity contribution in [3.05, 3.63) is 18.2 Å². The van der Waals surface area contributed by atoms with Gasteiger partial charge in [-0.15, -0.1) is 0 Å². The Kier molecular flexibility index (Phi) is 4.06. The summed E-state index contributed by atoms with van der Waals surface area (Å²) in [5, 5.41) is 12.2. The molecule has 1 unspecified atom stereocenters. The van der Waals surface area contributed by atoms with Crippen LogP contribution in [0, 0.1) is 0 Å². The molecule has 5 nitrogen and oxygen atoms in total. The summed E-state index contributed by atoms with van der Waals surface area (Å²) >= 11 is 0. The van der Waals surface area contributed by atoms with E-state index in [2.05, 4.69) is 10.3 Å². The first-order valence-corrected chi connectivity index (χ1v) is 5.52. The molecule has 1 rings (SSSR count). The summed E-state index contributed by atoms with van der Waals surface area (Å²) in [4.78, 5) is 15.4. The van der Waals surface area contributed by atoms with Crippen LogP contribution in [0.2, 0.25) is 0 Å². The van der Waals surface area contributed by atoms with E-state index in [9.17, 15) is 9.90 Å². The molecular weight excluding hydrogens is 206 g/mol. The number of carboxylic acid groups (broad SMARTS) is 1. The zero-order valence-electron chi connectivity index (χ0n) is 10.0. The number of hydrogen-bond acceptors (Lipinski definition) is 3. The van der Waals surface area contributed by atoms with E-state index in [0.29, 0.717) is 13.1 Å². The van der Waals surface area contributed by atoms with E-state index in [1.54, 1.807) is 13.1 Å². The van der Waals surface area contributed by atoms with Crippen LogP contribution in [0.5, 0.6) is 0 Å². The van der Waals surface area contributed by atoms with Crippen LogP contribution in [0.15, 0.2) is 12.4 Å². The maximum absolute atomic E-state index is 11.2. The first-order chi connectivity index (χ1) is 7.53. The van der Waals surface area contributed by atoms with Crippen LogP contribution < -0.4 is 5.32 Å². The van der Waals surface area contributed by atoms with E-state index in [-0.39, 0.29) is 0 Å². The lowest BCUT2D eigenvalue weighted by atomic mass is 10.0. The fourth-order valence-electron chi connectivity index (χ4n) is 1.73. The molecule has 16 heavy (non-hydrogen) atoms. The third-order valence-electron chi connectivity index (χ3n) is 2.64. The van der Waals surface area contributed by atoms with Crippen molar-refractivity contribution in [1.82, 2.24) is 14.9 Å². The van der Waals surface area contributed by atoms with Crippen LogP contribution in [-0.4, -0.2) is 32.7 Å². The summed E-state index contributed by atoms with van der Waals surface area (Å²) in [6.07, 6.45) is 4.32. The second-order valence-electron chi connectivity index (χ2n) is 3.99. The fraction of sp³-hybridized carbons (Fsp3) is 0.636.